The van der Waals surface area contributed by atoms with Crippen molar-refractivity contribution in [2.75, 3.05) is 12.8 Å². The molecule has 0 aliphatic heterocycles. The molecule has 0 aromatic carbocycles. The summed E-state index contributed by atoms with van der Waals surface area (Å²) in [5, 5.41) is 0.736. The number of hydrogen-bond donors (Lipinski definition) is 1. The summed E-state index contributed by atoms with van der Waals surface area (Å²) in [7, 11) is 3.78. The van der Waals surface area contributed by atoms with Crippen molar-refractivity contribution in [3.63, 3.8) is 0 Å². The molecule has 3 N–H and O–H groups in total. The molecule has 0 amide bonds. The molecule has 9 heavy (non-hydrogen) atoms. The zero-order chi connectivity index (χ0) is 7.28. The first-order valence-corrected chi connectivity index (χ1v) is 5.83. The van der Waals surface area contributed by atoms with E-state index in [1.54, 1.807) is 0 Å². The van der Waals surface area contributed by atoms with Gasteiger partial charge in [-0.3, -0.25) is 0 Å². The second-order valence-electron chi connectivity index (χ2n) is 2.33. The molecule has 0 radical (unpaired) electrons. The molecule has 0 aliphatic rings. The summed E-state index contributed by atoms with van der Waals surface area (Å²) in [6.45, 7) is 5.54. The van der Waals surface area contributed by atoms with Crippen molar-refractivity contribution in [3.8, 4) is 0 Å². The lowest BCUT2D eigenvalue weighted by atomic mass is 10.1. The van der Waals surface area contributed by atoms with Gasteiger partial charge in [-0.25, -0.2) is 0 Å². The van der Waals surface area contributed by atoms with E-state index in [-0.39, 0.29) is 0 Å². The van der Waals surface area contributed by atoms with E-state index < -0.39 is 0 Å². The predicted molar refractivity (Wildman–Crippen MR) is 47.5 cm³/mol. The first-order chi connectivity index (χ1) is 4.22. The summed E-state index contributed by atoms with van der Waals surface area (Å²) < 4.78 is 0. The minimum Gasteiger partial charge on any atom is -0.357 e. The van der Waals surface area contributed by atoms with Crippen molar-refractivity contribution in [2.24, 2.45) is 5.92 Å². The van der Waals surface area contributed by atoms with Crippen LogP contribution in [0.25, 0.3) is 0 Å². The maximum absolute atomic E-state index is 3.89. The van der Waals surface area contributed by atoms with Gasteiger partial charge in [0.05, 0.1) is 11.8 Å². The first kappa shape index (κ1) is 9.66. The van der Waals surface area contributed by atoms with Crippen LogP contribution in [-0.2, 0) is 0 Å². The molecule has 1 nitrogen and oxygen atoms in total. The Morgan fingerprint density at radius 1 is 1.44 bits per heavy atom. The smallest absolute Gasteiger partial charge is 0.0871 e. The summed E-state index contributed by atoms with van der Waals surface area (Å²) in [5.41, 5.74) is 3.89. The second-order valence-corrected chi connectivity index (χ2v) is 5.04. The van der Waals surface area contributed by atoms with Gasteiger partial charge in [0.2, 0.25) is 0 Å². The highest BCUT2D eigenvalue weighted by Gasteiger charge is 2.12. The van der Waals surface area contributed by atoms with Crippen LogP contribution in [0, 0.1) is 5.92 Å². The highest BCUT2D eigenvalue weighted by Crippen LogP contribution is 2.27. The summed E-state index contributed by atoms with van der Waals surface area (Å²) in [6.07, 6.45) is 2.12. The maximum Gasteiger partial charge on any atom is 0.0871 e. The molecule has 0 aliphatic carbocycles. The monoisotopic (exact) mass is 166 g/mol. The molecular formula is C6H16NS2+. The van der Waals surface area contributed by atoms with Crippen molar-refractivity contribution >= 4 is 21.6 Å². The van der Waals surface area contributed by atoms with Gasteiger partial charge in [-0.15, -0.1) is 0 Å². The molecule has 0 aromatic heterocycles. The summed E-state index contributed by atoms with van der Waals surface area (Å²) in [6, 6.07) is 0. The third-order valence-corrected chi connectivity index (χ3v) is 3.79. The fourth-order valence-corrected chi connectivity index (χ4v) is 2.88. The Balaban J connectivity index is 3.41. The quantitative estimate of drug-likeness (QED) is 0.637. The van der Waals surface area contributed by atoms with Gasteiger partial charge < -0.3 is 5.73 Å². The highest BCUT2D eigenvalue weighted by molar-refractivity contribution is 8.76. The summed E-state index contributed by atoms with van der Waals surface area (Å²) >= 11 is 0. The van der Waals surface area contributed by atoms with E-state index in [0.29, 0.717) is 0 Å². The van der Waals surface area contributed by atoms with Crippen molar-refractivity contribution in [3.05, 3.63) is 0 Å². The topological polar surface area (TPSA) is 27.6 Å². The minimum atomic E-state index is 0.736. The van der Waals surface area contributed by atoms with E-state index in [9.17, 15) is 0 Å². The zero-order valence-electron chi connectivity index (χ0n) is 6.39. The van der Waals surface area contributed by atoms with Crippen LogP contribution in [0.3, 0.4) is 0 Å². The molecule has 3 heteroatoms. The highest BCUT2D eigenvalue weighted by atomic mass is 33.1. The van der Waals surface area contributed by atoms with Crippen LogP contribution in [0.4, 0.5) is 0 Å². The molecule has 0 unspecified atom stereocenters. The maximum atomic E-state index is 3.89. The molecular weight excluding hydrogens is 150 g/mol. The van der Waals surface area contributed by atoms with Crippen LogP contribution in [0.1, 0.15) is 13.8 Å². The Labute approximate surface area is 65.6 Å². The Morgan fingerprint density at radius 2 is 2.00 bits per heavy atom. The van der Waals surface area contributed by atoms with Gasteiger partial charge in [-0.1, -0.05) is 35.4 Å². The van der Waals surface area contributed by atoms with Crippen LogP contribution < -0.4 is 5.73 Å². The molecule has 0 heterocycles. The molecule has 0 fully saturated rings. The van der Waals surface area contributed by atoms with Gasteiger partial charge in [0, 0.05) is 0 Å². The van der Waals surface area contributed by atoms with Gasteiger partial charge in [-0.2, -0.15) is 0 Å². The fourth-order valence-electron chi connectivity index (χ4n) is 0.616. The van der Waals surface area contributed by atoms with E-state index in [4.69, 9.17) is 0 Å². The normalized spacial score (nSPS) is 14.3. The molecule has 0 saturated carbocycles. The average Bonchev–Trinajstić information content (AvgIpc) is 1.82. The summed E-state index contributed by atoms with van der Waals surface area (Å²) in [4.78, 5) is 0. The van der Waals surface area contributed by atoms with Crippen LogP contribution in [0.2, 0.25) is 0 Å². The third kappa shape index (κ3) is 4.12. The van der Waals surface area contributed by atoms with Crippen molar-refractivity contribution < 1.29 is 5.73 Å². The third-order valence-electron chi connectivity index (χ3n) is 1.25. The van der Waals surface area contributed by atoms with Crippen molar-refractivity contribution in [1.82, 2.24) is 0 Å². The first-order valence-electron chi connectivity index (χ1n) is 3.21. The molecule has 0 bridgehead atoms. The number of quaternary nitrogens is 1. The van der Waals surface area contributed by atoms with Gasteiger partial charge in [0.25, 0.3) is 0 Å². The Hall–Kier alpha value is 0.660. The molecule has 0 rings (SSSR count). The lowest BCUT2D eigenvalue weighted by Gasteiger charge is -2.13. The SMILES string of the molecule is CSS[C@H](C[NH3+])C(C)C. The van der Waals surface area contributed by atoms with Crippen LogP contribution in [-0.4, -0.2) is 18.1 Å². The number of hydrogen-bond acceptors (Lipinski definition) is 2. The predicted octanol–water partition coefficient (Wildman–Crippen LogP) is 1.26. The van der Waals surface area contributed by atoms with Crippen LogP contribution >= 0.6 is 21.6 Å². The largest absolute Gasteiger partial charge is 0.357 e. The van der Waals surface area contributed by atoms with E-state index in [2.05, 4.69) is 25.8 Å². The average molecular weight is 166 g/mol. The van der Waals surface area contributed by atoms with E-state index >= 15 is 0 Å². The van der Waals surface area contributed by atoms with Crippen LogP contribution in [0.15, 0.2) is 0 Å². The zero-order valence-corrected chi connectivity index (χ0v) is 8.02. The molecule has 0 aromatic rings. The van der Waals surface area contributed by atoms with Crippen molar-refractivity contribution in [1.29, 1.82) is 0 Å². The van der Waals surface area contributed by atoms with Gasteiger partial charge in [0.1, 0.15) is 0 Å². The Morgan fingerprint density at radius 3 is 2.11 bits per heavy atom. The minimum absolute atomic E-state index is 0.736. The lowest BCUT2D eigenvalue weighted by molar-refractivity contribution is -0.367. The molecule has 56 valence electrons. The van der Waals surface area contributed by atoms with Gasteiger partial charge in [-0.05, 0) is 12.2 Å². The summed E-state index contributed by atoms with van der Waals surface area (Å²) in [5.74, 6) is 0.764. The second kappa shape index (κ2) is 5.45. The molecule has 1 atom stereocenters. The van der Waals surface area contributed by atoms with Crippen LogP contribution in [0.5, 0.6) is 0 Å². The molecule has 0 saturated heterocycles. The fraction of sp³-hybridized carbons (Fsp3) is 1.00. The van der Waals surface area contributed by atoms with E-state index in [1.165, 1.54) is 0 Å². The molecule has 0 spiro atoms. The number of rotatable bonds is 4. The lowest BCUT2D eigenvalue weighted by Crippen LogP contribution is -2.55. The van der Waals surface area contributed by atoms with Gasteiger partial charge >= 0.3 is 0 Å². The van der Waals surface area contributed by atoms with E-state index in [0.717, 1.165) is 17.7 Å². The Kier molecular flexibility index (Phi) is 5.84. The van der Waals surface area contributed by atoms with Crippen molar-refractivity contribution in [2.45, 2.75) is 19.1 Å². The van der Waals surface area contributed by atoms with Gasteiger partial charge in [0.15, 0.2) is 0 Å². The van der Waals surface area contributed by atoms with E-state index in [1.807, 2.05) is 21.6 Å². The standard InChI is InChI=1S/C6H15NS2/c1-5(2)6(4-7)9-8-3/h5-6H,4,7H2,1-3H3/p+1/t6-/m1/s1. The Bertz CT molecular complexity index is 66.1.